The Kier molecular flexibility index (Phi) is 6.46. The molecular formula is C21H20F3NO4. The number of esters is 1. The number of rotatable bonds is 5. The van der Waals surface area contributed by atoms with E-state index in [9.17, 15) is 27.6 Å². The minimum Gasteiger partial charge on any atom is -0.454 e. The molecule has 5 nitrogen and oxygen atoms in total. The second-order valence-electron chi connectivity index (χ2n) is 7.36. The molecule has 0 heterocycles. The summed E-state index contributed by atoms with van der Waals surface area (Å²) in [5.41, 5.74) is -1.12. The van der Waals surface area contributed by atoms with Gasteiger partial charge in [0.05, 0.1) is 11.1 Å². The minimum atomic E-state index is -4.59. The number of amides is 1. The van der Waals surface area contributed by atoms with Crippen molar-refractivity contribution in [1.29, 1.82) is 0 Å². The zero-order valence-corrected chi connectivity index (χ0v) is 16.1. The highest BCUT2D eigenvalue weighted by Crippen LogP contribution is 2.29. The number of nitrogens with one attached hydrogen (secondary N) is 1. The molecule has 8 heteroatoms. The van der Waals surface area contributed by atoms with Crippen LogP contribution in [0.4, 0.5) is 18.9 Å². The zero-order chi connectivity index (χ0) is 21.8. The monoisotopic (exact) mass is 407 g/mol. The van der Waals surface area contributed by atoms with Crippen LogP contribution in [0.2, 0.25) is 0 Å². The highest BCUT2D eigenvalue weighted by atomic mass is 19.4. The number of benzene rings is 2. The Morgan fingerprint density at radius 1 is 0.931 bits per heavy atom. The molecule has 0 aliphatic rings. The minimum absolute atomic E-state index is 0.188. The molecule has 0 radical (unpaired) electrons. The number of ketones is 1. The van der Waals surface area contributed by atoms with Gasteiger partial charge < -0.3 is 10.1 Å². The first kappa shape index (κ1) is 22.1. The van der Waals surface area contributed by atoms with E-state index in [4.69, 9.17) is 4.74 Å². The van der Waals surface area contributed by atoms with Crippen LogP contribution < -0.4 is 5.32 Å². The summed E-state index contributed by atoms with van der Waals surface area (Å²) >= 11 is 0. The molecule has 2 rings (SSSR count). The van der Waals surface area contributed by atoms with Crippen molar-refractivity contribution in [3.05, 3.63) is 65.2 Å². The first-order valence-electron chi connectivity index (χ1n) is 8.67. The zero-order valence-electron chi connectivity index (χ0n) is 16.1. The Labute approximate surface area is 165 Å². The highest BCUT2D eigenvalue weighted by Gasteiger charge is 2.31. The smallest absolute Gasteiger partial charge is 0.416 e. The SMILES string of the molecule is CC(C)(C)C(=O)Nc1ccc(C(=O)COC(=O)c2cccc(C(F)(F)F)c2)cc1. The second kappa shape index (κ2) is 8.46. The third-order valence-electron chi connectivity index (χ3n) is 3.91. The molecule has 29 heavy (non-hydrogen) atoms. The van der Waals surface area contributed by atoms with Crippen molar-refractivity contribution < 1.29 is 32.3 Å². The number of ether oxygens (including phenoxy) is 1. The van der Waals surface area contributed by atoms with Crippen LogP contribution in [0.15, 0.2) is 48.5 Å². The normalized spacial score (nSPS) is 11.7. The van der Waals surface area contributed by atoms with Gasteiger partial charge in [-0.25, -0.2) is 4.79 Å². The fraction of sp³-hybridized carbons (Fsp3) is 0.286. The van der Waals surface area contributed by atoms with E-state index in [1.165, 1.54) is 30.3 Å². The van der Waals surface area contributed by atoms with Gasteiger partial charge in [0.15, 0.2) is 12.4 Å². The summed E-state index contributed by atoms with van der Waals surface area (Å²) in [7, 11) is 0. The summed E-state index contributed by atoms with van der Waals surface area (Å²) in [5, 5.41) is 2.71. The van der Waals surface area contributed by atoms with Crippen LogP contribution in [0.1, 0.15) is 47.1 Å². The number of Topliss-reactive ketones (excluding diaryl/α,β-unsaturated/α-hetero) is 1. The van der Waals surface area contributed by atoms with Crippen LogP contribution in [0.5, 0.6) is 0 Å². The molecule has 0 aliphatic carbocycles. The Morgan fingerprint density at radius 3 is 2.10 bits per heavy atom. The molecule has 0 saturated carbocycles. The predicted molar refractivity (Wildman–Crippen MR) is 101 cm³/mol. The van der Waals surface area contributed by atoms with E-state index in [1.807, 2.05) is 0 Å². The van der Waals surface area contributed by atoms with Crippen LogP contribution in [-0.4, -0.2) is 24.3 Å². The lowest BCUT2D eigenvalue weighted by Crippen LogP contribution is -2.27. The highest BCUT2D eigenvalue weighted by molar-refractivity contribution is 6.00. The van der Waals surface area contributed by atoms with Gasteiger partial charge in [-0.15, -0.1) is 0 Å². The van der Waals surface area contributed by atoms with E-state index in [0.29, 0.717) is 11.8 Å². The molecule has 0 spiro atoms. The third-order valence-corrected chi connectivity index (χ3v) is 3.91. The number of halogens is 3. The molecule has 0 aromatic heterocycles. The van der Waals surface area contributed by atoms with Crippen molar-refractivity contribution in [1.82, 2.24) is 0 Å². The number of carbonyl (C=O) groups is 3. The summed E-state index contributed by atoms with van der Waals surface area (Å²) in [6.07, 6.45) is -4.59. The Balaban J connectivity index is 1.97. The number of carbonyl (C=O) groups excluding carboxylic acids is 3. The van der Waals surface area contributed by atoms with E-state index in [1.54, 1.807) is 20.8 Å². The van der Waals surface area contributed by atoms with Crippen molar-refractivity contribution >= 4 is 23.3 Å². The van der Waals surface area contributed by atoms with Crippen LogP contribution in [0.3, 0.4) is 0 Å². The molecule has 0 unspecified atom stereocenters. The summed E-state index contributed by atoms with van der Waals surface area (Å²) in [6.45, 7) is 4.67. The Bertz CT molecular complexity index is 913. The number of anilines is 1. The molecule has 0 saturated heterocycles. The first-order valence-corrected chi connectivity index (χ1v) is 8.67. The molecule has 0 fully saturated rings. The van der Waals surface area contributed by atoms with Crippen LogP contribution >= 0.6 is 0 Å². The molecule has 0 aliphatic heterocycles. The summed E-state index contributed by atoms with van der Waals surface area (Å²) < 4.78 is 43.0. The van der Waals surface area contributed by atoms with Gasteiger partial charge in [-0.2, -0.15) is 13.2 Å². The molecule has 1 N–H and O–H groups in total. The maximum Gasteiger partial charge on any atom is 0.416 e. The lowest BCUT2D eigenvalue weighted by molar-refractivity contribution is -0.137. The van der Waals surface area contributed by atoms with Gasteiger partial charge >= 0.3 is 12.1 Å². The predicted octanol–water partition coefficient (Wildman–Crippen LogP) is 4.73. The summed E-state index contributed by atoms with van der Waals surface area (Å²) in [5.74, 6) is -1.75. The van der Waals surface area contributed by atoms with Crippen molar-refractivity contribution in [3.8, 4) is 0 Å². The van der Waals surface area contributed by atoms with E-state index in [0.717, 1.165) is 12.1 Å². The molecule has 0 atom stereocenters. The van der Waals surface area contributed by atoms with E-state index in [2.05, 4.69) is 5.32 Å². The largest absolute Gasteiger partial charge is 0.454 e. The van der Waals surface area contributed by atoms with Crippen LogP contribution in [0, 0.1) is 5.41 Å². The standard InChI is InChI=1S/C21H20F3NO4/c1-20(2,3)19(28)25-16-9-7-13(8-10-16)17(26)12-29-18(27)14-5-4-6-15(11-14)21(22,23)24/h4-11H,12H2,1-3H3,(H,25,28). The first-order chi connectivity index (χ1) is 13.4. The molecule has 1 amide bonds. The van der Waals surface area contributed by atoms with Crippen molar-refractivity contribution in [2.24, 2.45) is 5.41 Å². The quantitative estimate of drug-likeness (QED) is 0.575. The molecule has 0 bridgehead atoms. The van der Waals surface area contributed by atoms with Gasteiger partial charge in [-0.05, 0) is 42.5 Å². The molecule has 2 aromatic rings. The van der Waals surface area contributed by atoms with Gasteiger partial charge in [0, 0.05) is 16.7 Å². The Morgan fingerprint density at radius 2 is 1.55 bits per heavy atom. The third kappa shape index (κ3) is 6.17. The average Bonchev–Trinajstić information content (AvgIpc) is 2.65. The van der Waals surface area contributed by atoms with E-state index < -0.39 is 35.5 Å². The van der Waals surface area contributed by atoms with Gasteiger partial charge in [0.25, 0.3) is 0 Å². The summed E-state index contributed by atoms with van der Waals surface area (Å²) in [6, 6.07) is 9.75. The molecule has 154 valence electrons. The maximum atomic E-state index is 12.7. The van der Waals surface area contributed by atoms with Gasteiger partial charge in [0.1, 0.15) is 0 Å². The van der Waals surface area contributed by atoms with Crippen molar-refractivity contribution in [2.45, 2.75) is 26.9 Å². The average molecular weight is 407 g/mol. The van der Waals surface area contributed by atoms with Crippen molar-refractivity contribution in [3.63, 3.8) is 0 Å². The lowest BCUT2D eigenvalue weighted by atomic mass is 9.95. The van der Waals surface area contributed by atoms with Crippen molar-refractivity contribution in [2.75, 3.05) is 11.9 Å². The van der Waals surface area contributed by atoms with E-state index >= 15 is 0 Å². The summed E-state index contributed by atoms with van der Waals surface area (Å²) in [4.78, 5) is 36.0. The van der Waals surface area contributed by atoms with Gasteiger partial charge in [-0.1, -0.05) is 26.8 Å². The number of alkyl halides is 3. The van der Waals surface area contributed by atoms with Crippen LogP contribution in [-0.2, 0) is 15.7 Å². The molecular weight excluding hydrogens is 387 g/mol. The lowest BCUT2D eigenvalue weighted by Gasteiger charge is -2.17. The van der Waals surface area contributed by atoms with Crippen LogP contribution in [0.25, 0.3) is 0 Å². The number of hydrogen-bond donors (Lipinski definition) is 1. The molecule has 2 aromatic carbocycles. The van der Waals surface area contributed by atoms with E-state index in [-0.39, 0.29) is 17.0 Å². The fourth-order valence-electron chi connectivity index (χ4n) is 2.18. The number of hydrogen-bond acceptors (Lipinski definition) is 4. The van der Waals surface area contributed by atoms with Gasteiger partial charge in [0.2, 0.25) is 5.91 Å². The maximum absolute atomic E-state index is 12.7. The Hall–Kier alpha value is -3.16. The fourth-order valence-corrected chi connectivity index (χ4v) is 2.18. The second-order valence-corrected chi connectivity index (χ2v) is 7.36. The van der Waals surface area contributed by atoms with Gasteiger partial charge in [-0.3, -0.25) is 9.59 Å². The topological polar surface area (TPSA) is 72.5 Å².